The van der Waals surface area contributed by atoms with Crippen molar-refractivity contribution in [1.29, 1.82) is 10.5 Å². The van der Waals surface area contributed by atoms with Gasteiger partial charge in [-0.05, 0) is 24.3 Å². The number of nitriles is 2. The van der Waals surface area contributed by atoms with Gasteiger partial charge in [0.05, 0.1) is 11.2 Å². The zero-order chi connectivity index (χ0) is 13.0. The molecule has 0 atom stereocenters. The monoisotopic (exact) mass is 236 g/mol. The Bertz CT molecular complexity index is 691. The fourth-order valence-electron chi connectivity index (χ4n) is 1.53. The van der Waals surface area contributed by atoms with Gasteiger partial charge in [-0.2, -0.15) is 10.5 Å². The SMILES string of the molecule is N#CC(C#N)=CNc1c(O)ccc2ncccc12. The van der Waals surface area contributed by atoms with E-state index < -0.39 is 0 Å². The van der Waals surface area contributed by atoms with E-state index in [0.29, 0.717) is 16.6 Å². The van der Waals surface area contributed by atoms with Crippen molar-refractivity contribution in [3.8, 4) is 17.9 Å². The molecule has 0 unspecified atom stereocenters. The number of hydrogen-bond acceptors (Lipinski definition) is 5. The Labute approximate surface area is 103 Å². The van der Waals surface area contributed by atoms with Crippen LogP contribution in [0.1, 0.15) is 0 Å². The molecule has 1 aromatic heterocycles. The number of anilines is 1. The fraction of sp³-hybridized carbons (Fsp3) is 0. The van der Waals surface area contributed by atoms with Crippen LogP contribution in [0.2, 0.25) is 0 Å². The topological polar surface area (TPSA) is 92.7 Å². The number of nitrogens with one attached hydrogen (secondary N) is 1. The van der Waals surface area contributed by atoms with Gasteiger partial charge in [0.2, 0.25) is 0 Å². The van der Waals surface area contributed by atoms with Crippen molar-refractivity contribution in [2.24, 2.45) is 0 Å². The Morgan fingerprint density at radius 2 is 2.06 bits per heavy atom. The number of nitrogens with zero attached hydrogens (tertiary/aromatic N) is 3. The molecule has 2 N–H and O–H groups in total. The molecular formula is C13H8N4O. The number of benzene rings is 1. The highest BCUT2D eigenvalue weighted by molar-refractivity contribution is 5.94. The average molecular weight is 236 g/mol. The minimum absolute atomic E-state index is 0.0296. The van der Waals surface area contributed by atoms with Gasteiger partial charge in [0.15, 0.2) is 0 Å². The first-order chi connectivity index (χ1) is 8.76. The fourth-order valence-corrected chi connectivity index (χ4v) is 1.53. The normalized spacial score (nSPS) is 9.22. The molecule has 18 heavy (non-hydrogen) atoms. The first-order valence-corrected chi connectivity index (χ1v) is 5.10. The summed E-state index contributed by atoms with van der Waals surface area (Å²) in [5.41, 5.74) is 1.06. The van der Waals surface area contributed by atoms with Gasteiger partial charge in [-0.25, -0.2) is 0 Å². The maximum atomic E-state index is 9.78. The largest absolute Gasteiger partial charge is 0.506 e. The van der Waals surface area contributed by atoms with E-state index in [1.54, 1.807) is 36.5 Å². The number of hydrogen-bond donors (Lipinski definition) is 2. The smallest absolute Gasteiger partial charge is 0.145 e. The highest BCUT2D eigenvalue weighted by atomic mass is 16.3. The highest BCUT2D eigenvalue weighted by Crippen LogP contribution is 2.31. The van der Waals surface area contributed by atoms with E-state index in [0.717, 1.165) is 0 Å². The van der Waals surface area contributed by atoms with Crippen molar-refractivity contribution in [3.05, 3.63) is 42.2 Å². The summed E-state index contributed by atoms with van der Waals surface area (Å²) in [5.74, 6) is 0.0296. The minimum Gasteiger partial charge on any atom is -0.506 e. The van der Waals surface area contributed by atoms with Crippen LogP contribution in [0, 0.1) is 22.7 Å². The molecule has 2 aromatic rings. The summed E-state index contributed by atoms with van der Waals surface area (Å²) in [6.07, 6.45) is 2.90. The molecule has 1 heterocycles. The quantitative estimate of drug-likeness (QED) is 0.616. The highest BCUT2D eigenvalue weighted by Gasteiger charge is 2.06. The number of fused-ring (bicyclic) bond motifs is 1. The number of phenolic OH excluding ortho intramolecular Hbond substituents is 1. The van der Waals surface area contributed by atoms with E-state index in [-0.39, 0.29) is 11.3 Å². The zero-order valence-electron chi connectivity index (χ0n) is 9.25. The van der Waals surface area contributed by atoms with Gasteiger partial charge in [-0.1, -0.05) is 0 Å². The average Bonchev–Trinajstić information content (AvgIpc) is 2.42. The Morgan fingerprint density at radius 1 is 1.28 bits per heavy atom. The summed E-state index contributed by atoms with van der Waals surface area (Å²) in [6, 6.07) is 10.2. The standard InChI is InChI=1S/C13H8N4O/c14-6-9(7-15)8-17-13-10-2-1-5-16-11(10)3-4-12(13)18/h1-5,8,17-18H. The molecule has 5 heteroatoms. The first kappa shape index (κ1) is 11.4. The van der Waals surface area contributed by atoms with E-state index in [4.69, 9.17) is 10.5 Å². The molecule has 0 aliphatic rings. The Balaban J connectivity index is 2.51. The second-order valence-corrected chi connectivity index (χ2v) is 3.46. The summed E-state index contributed by atoms with van der Waals surface area (Å²) in [4.78, 5) is 4.15. The second-order valence-electron chi connectivity index (χ2n) is 3.46. The molecule has 0 fully saturated rings. The lowest BCUT2D eigenvalue weighted by atomic mass is 10.1. The predicted molar refractivity (Wildman–Crippen MR) is 66.3 cm³/mol. The maximum Gasteiger partial charge on any atom is 0.145 e. The Kier molecular flexibility index (Phi) is 3.08. The Hall–Kier alpha value is -3.05. The van der Waals surface area contributed by atoms with E-state index in [1.807, 2.05) is 0 Å². The zero-order valence-corrected chi connectivity index (χ0v) is 9.25. The van der Waals surface area contributed by atoms with Crippen molar-refractivity contribution >= 4 is 16.6 Å². The molecule has 0 aliphatic heterocycles. The number of aromatic hydroxyl groups is 1. The summed E-state index contributed by atoms with van der Waals surface area (Å²) in [7, 11) is 0. The van der Waals surface area contributed by atoms with Crippen LogP contribution in [0.4, 0.5) is 5.69 Å². The lowest BCUT2D eigenvalue weighted by Gasteiger charge is -2.07. The van der Waals surface area contributed by atoms with Gasteiger partial charge < -0.3 is 10.4 Å². The summed E-state index contributed by atoms with van der Waals surface area (Å²) >= 11 is 0. The molecule has 0 spiro atoms. The summed E-state index contributed by atoms with van der Waals surface area (Å²) in [5, 5.41) is 30.5. The van der Waals surface area contributed by atoms with E-state index in [2.05, 4.69) is 10.3 Å². The minimum atomic E-state index is -0.0738. The number of pyridine rings is 1. The molecule has 1 aromatic carbocycles. The van der Waals surface area contributed by atoms with Crippen LogP contribution in [-0.2, 0) is 0 Å². The molecule has 0 radical (unpaired) electrons. The third kappa shape index (κ3) is 2.06. The van der Waals surface area contributed by atoms with Crippen LogP contribution < -0.4 is 5.32 Å². The molecule has 0 saturated carbocycles. The number of aromatic nitrogens is 1. The molecule has 5 nitrogen and oxygen atoms in total. The molecule has 0 saturated heterocycles. The van der Waals surface area contributed by atoms with E-state index in [1.165, 1.54) is 12.3 Å². The van der Waals surface area contributed by atoms with Crippen molar-refractivity contribution in [2.75, 3.05) is 5.32 Å². The molecular weight excluding hydrogens is 228 g/mol. The van der Waals surface area contributed by atoms with Crippen molar-refractivity contribution in [2.45, 2.75) is 0 Å². The number of rotatable bonds is 2. The maximum absolute atomic E-state index is 9.78. The van der Waals surface area contributed by atoms with Crippen molar-refractivity contribution in [3.63, 3.8) is 0 Å². The van der Waals surface area contributed by atoms with Crippen LogP contribution in [0.25, 0.3) is 10.9 Å². The van der Waals surface area contributed by atoms with Crippen LogP contribution >= 0.6 is 0 Å². The number of phenols is 1. The lowest BCUT2D eigenvalue weighted by molar-refractivity contribution is 0.478. The molecule has 86 valence electrons. The van der Waals surface area contributed by atoms with E-state index >= 15 is 0 Å². The third-order valence-electron chi connectivity index (χ3n) is 2.36. The van der Waals surface area contributed by atoms with Gasteiger partial charge in [-0.15, -0.1) is 0 Å². The van der Waals surface area contributed by atoms with E-state index in [9.17, 15) is 5.11 Å². The van der Waals surface area contributed by atoms with Crippen LogP contribution in [0.5, 0.6) is 5.75 Å². The second kappa shape index (κ2) is 4.86. The van der Waals surface area contributed by atoms with Gasteiger partial charge in [0.25, 0.3) is 0 Å². The molecule has 0 amide bonds. The van der Waals surface area contributed by atoms with Gasteiger partial charge in [-0.3, -0.25) is 4.98 Å². The van der Waals surface area contributed by atoms with Gasteiger partial charge in [0.1, 0.15) is 23.5 Å². The third-order valence-corrected chi connectivity index (χ3v) is 2.36. The summed E-state index contributed by atoms with van der Waals surface area (Å²) < 4.78 is 0. The predicted octanol–water partition coefficient (Wildman–Crippen LogP) is 2.28. The summed E-state index contributed by atoms with van der Waals surface area (Å²) in [6.45, 7) is 0. The van der Waals surface area contributed by atoms with Crippen LogP contribution in [0.3, 0.4) is 0 Å². The lowest BCUT2D eigenvalue weighted by Crippen LogP contribution is -1.92. The molecule has 0 aliphatic carbocycles. The Morgan fingerprint density at radius 3 is 2.78 bits per heavy atom. The first-order valence-electron chi connectivity index (χ1n) is 5.10. The number of allylic oxidation sites excluding steroid dienone is 1. The van der Waals surface area contributed by atoms with Crippen LogP contribution in [0.15, 0.2) is 42.2 Å². The van der Waals surface area contributed by atoms with Gasteiger partial charge >= 0.3 is 0 Å². The van der Waals surface area contributed by atoms with Gasteiger partial charge in [0, 0.05) is 17.8 Å². The van der Waals surface area contributed by atoms with Crippen molar-refractivity contribution < 1.29 is 5.11 Å². The van der Waals surface area contributed by atoms with Crippen molar-refractivity contribution in [1.82, 2.24) is 4.98 Å². The molecule has 0 bridgehead atoms. The van der Waals surface area contributed by atoms with Crippen LogP contribution in [-0.4, -0.2) is 10.1 Å². The molecule has 2 rings (SSSR count).